The van der Waals surface area contributed by atoms with Gasteiger partial charge in [-0.15, -0.1) is 0 Å². The third kappa shape index (κ3) is 3.64. The highest BCUT2D eigenvalue weighted by Crippen LogP contribution is 2.28. The first kappa shape index (κ1) is 13.2. The highest BCUT2D eigenvalue weighted by Gasteiger charge is 2.27. The minimum Gasteiger partial charge on any atom is -0.497 e. The summed E-state index contributed by atoms with van der Waals surface area (Å²) < 4.78 is 10.8. The number of hydrogen-bond acceptors (Lipinski definition) is 3. The molecule has 0 amide bonds. The van der Waals surface area contributed by atoms with E-state index in [1.165, 1.54) is 25.7 Å². The van der Waals surface area contributed by atoms with Crippen molar-refractivity contribution in [1.82, 2.24) is 5.32 Å². The summed E-state index contributed by atoms with van der Waals surface area (Å²) in [5, 5.41) is 3.60. The van der Waals surface area contributed by atoms with Crippen molar-refractivity contribution in [2.75, 3.05) is 20.3 Å². The summed E-state index contributed by atoms with van der Waals surface area (Å²) in [5.41, 5.74) is 0.337. The minimum atomic E-state index is 0.337. The van der Waals surface area contributed by atoms with Gasteiger partial charge >= 0.3 is 0 Å². The molecule has 1 N–H and O–H groups in total. The van der Waals surface area contributed by atoms with Crippen molar-refractivity contribution in [2.45, 2.75) is 38.1 Å². The van der Waals surface area contributed by atoms with E-state index in [-0.39, 0.29) is 0 Å². The molecule has 1 aromatic carbocycles. The van der Waals surface area contributed by atoms with Gasteiger partial charge in [0.25, 0.3) is 0 Å². The van der Waals surface area contributed by atoms with Crippen LogP contribution < -0.4 is 14.8 Å². The third-order valence-corrected chi connectivity index (χ3v) is 3.69. The summed E-state index contributed by atoms with van der Waals surface area (Å²) in [6.07, 6.45) is 5.27. The average molecular weight is 249 g/mol. The fourth-order valence-electron chi connectivity index (χ4n) is 2.53. The Morgan fingerprint density at radius 3 is 2.33 bits per heavy atom. The molecule has 1 aromatic rings. The van der Waals surface area contributed by atoms with Crippen LogP contribution in [0.4, 0.5) is 0 Å². The molecule has 0 bridgehead atoms. The second kappa shape index (κ2) is 6.10. The second-order valence-corrected chi connectivity index (χ2v) is 5.22. The molecule has 2 rings (SSSR count). The average Bonchev–Trinajstić information content (AvgIpc) is 2.83. The van der Waals surface area contributed by atoms with Crippen LogP contribution in [0.2, 0.25) is 0 Å². The van der Waals surface area contributed by atoms with Gasteiger partial charge in [0.15, 0.2) is 0 Å². The molecule has 3 nitrogen and oxygen atoms in total. The van der Waals surface area contributed by atoms with Gasteiger partial charge in [-0.2, -0.15) is 0 Å². The Labute approximate surface area is 109 Å². The van der Waals surface area contributed by atoms with Crippen molar-refractivity contribution in [1.29, 1.82) is 0 Å². The molecule has 0 unspecified atom stereocenters. The van der Waals surface area contributed by atoms with Crippen LogP contribution in [0.15, 0.2) is 24.3 Å². The molecule has 0 aromatic heterocycles. The summed E-state index contributed by atoms with van der Waals surface area (Å²) in [6, 6.07) is 7.72. The van der Waals surface area contributed by atoms with Crippen LogP contribution in [0.1, 0.15) is 32.6 Å². The molecule has 1 aliphatic carbocycles. The van der Waals surface area contributed by atoms with Crippen molar-refractivity contribution in [3.63, 3.8) is 0 Å². The molecule has 0 heterocycles. The number of methoxy groups -OCH3 is 1. The topological polar surface area (TPSA) is 30.5 Å². The van der Waals surface area contributed by atoms with Crippen molar-refractivity contribution >= 4 is 0 Å². The van der Waals surface area contributed by atoms with Gasteiger partial charge in [-0.1, -0.05) is 12.8 Å². The lowest BCUT2D eigenvalue weighted by Crippen LogP contribution is -2.41. The Morgan fingerprint density at radius 2 is 1.72 bits per heavy atom. The summed E-state index contributed by atoms with van der Waals surface area (Å²) in [6.45, 7) is 3.93. The number of rotatable bonds is 6. The number of hydrogen-bond donors (Lipinski definition) is 1. The largest absolute Gasteiger partial charge is 0.497 e. The Balaban J connectivity index is 1.68. The molecule has 3 heteroatoms. The molecule has 100 valence electrons. The lowest BCUT2D eigenvalue weighted by molar-refractivity contribution is 0.277. The van der Waals surface area contributed by atoms with E-state index in [1.54, 1.807) is 7.11 Å². The molecular weight excluding hydrogens is 226 g/mol. The molecular formula is C15H23NO2. The molecule has 0 spiro atoms. The van der Waals surface area contributed by atoms with Gasteiger partial charge in [-0.3, -0.25) is 0 Å². The lowest BCUT2D eigenvalue weighted by atomic mass is 10.0. The molecule has 1 fully saturated rings. The van der Waals surface area contributed by atoms with Crippen LogP contribution in [0.3, 0.4) is 0 Å². The van der Waals surface area contributed by atoms with Crippen LogP contribution in [0.25, 0.3) is 0 Å². The zero-order chi connectivity index (χ0) is 12.8. The van der Waals surface area contributed by atoms with Crippen molar-refractivity contribution in [3.05, 3.63) is 24.3 Å². The molecule has 0 radical (unpaired) electrons. The van der Waals surface area contributed by atoms with Gasteiger partial charge < -0.3 is 14.8 Å². The maximum Gasteiger partial charge on any atom is 0.119 e. The summed E-state index contributed by atoms with van der Waals surface area (Å²) in [7, 11) is 1.67. The standard InChI is InChI=1S/C15H23NO2/c1-15(9-3-4-10-15)16-11-12-18-14-7-5-13(17-2)6-8-14/h5-8,16H,3-4,9-12H2,1-2H3. The van der Waals surface area contributed by atoms with Crippen LogP contribution >= 0.6 is 0 Å². The first-order valence-electron chi connectivity index (χ1n) is 6.74. The first-order chi connectivity index (χ1) is 8.72. The number of ether oxygens (including phenoxy) is 2. The van der Waals surface area contributed by atoms with E-state index in [1.807, 2.05) is 24.3 Å². The van der Waals surface area contributed by atoms with E-state index in [0.29, 0.717) is 12.1 Å². The highest BCUT2D eigenvalue weighted by atomic mass is 16.5. The summed E-state index contributed by atoms with van der Waals surface area (Å²) >= 11 is 0. The minimum absolute atomic E-state index is 0.337. The Morgan fingerprint density at radius 1 is 1.11 bits per heavy atom. The highest BCUT2D eigenvalue weighted by molar-refractivity contribution is 5.31. The SMILES string of the molecule is COc1ccc(OCCNC2(C)CCCC2)cc1. The Hall–Kier alpha value is -1.22. The maximum absolute atomic E-state index is 5.69. The van der Waals surface area contributed by atoms with Gasteiger partial charge in [-0.25, -0.2) is 0 Å². The molecule has 1 aliphatic rings. The molecule has 0 aliphatic heterocycles. The van der Waals surface area contributed by atoms with E-state index in [4.69, 9.17) is 9.47 Å². The quantitative estimate of drug-likeness (QED) is 0.786. The fraction of sp³-hybridized carbons (Fsp3) is 0.600. The van der Waals surface area contributed by atoms with Gasteiger partial charge in [-0.05, 0) is 44.0 Å². The van der Waals surface area contributed by atoms with Crippen molar-refractivity contribution < 1.29 is 9.47 Å². The predicted molar refractivity (Wildman–Crippen MR) is 73.4 cm³/mol. The predicted octanol–water partition coefficient (Wildman–Crippen LogP) is 3.00. The molecule has 0 saturated heterocycles. The van der Waals surface area contributed by atoms with Gasteiger partial charge in [0, 0.05) is 12.1 Å². The van der Waals surface area contributed by atoms with Crippen LogP contribution in [0, 0.1) is 0 Å². The summed E-state index contributed by atoms with van der Waals surface area (Å²) in [4.78, 5) is 0. The fourth-order valence-corrected chi connectivity index (χ4v) is 2.53. The molecule has 0 atom stereocenters. The number of nitrogens with one attached hydrogen (secondary N) is 1. The third-order valence-electron chi connectivity index (χ3n) is 3.69. The number of benzene rings is 1. The van der Waals surface area contributed by atoms with Gasteiger partial charge in [0.05, 0.1) is 7.11 Å². The van der Waals surface area contributed by atoms with E-state index in [2.05, 4.69) is 12.2 Å². The van der Waals surface area contributed by atoms with Gasteiger partial charge in [0.2, 0.25) is 0 Å². The molecule has 18 heavy (non-hydrogen) atoms. The monoisotopic (exact) mass is 249 g/mol. The van der Waals surface area contributed by atoms with Crippen LogP contribution in [0.5, 0.6) is 11.5 Å². The van der Waals surface area contributed by atoms with E-state index in [0.717, 1.165) is 18.0 Å². The van der Waals surface area contributed by atoms with Crippen molar-refractivity contribution in [2.24, 2.45) is 0 Å². The normalized spacial score (nSPS) is 17.7. The Bertz CT molecular complexity index is 355. The Kier molecular flexibility index (Phi) is 4.48. The lowest BCUT2D eigenvalue weighted by Gasteiger charge is -2.25. The van der Waals surface area contributed by atoms with Crippen LogP contribution in [-0.2, 0) is 0 Å². The zero-order valence-electron chi connectivity index (χ0n) is 11.4. The van der Waals surface area contributed by atoms with E-state index < -0.39 is 0 Å². The van der Waals surface area contributed by atoms with Crippen molar-refractivity contribution in [3.8, 4) is 11.5 Å². The van der Waals surface area contributed by atoms with E-state index >= 15 is 0 Å². The zero-order valence-corrected chi connectivity index (χ0v) is 11.4. The first-order valence-corrected chi connectivity index (χ1v) is 6.74. The van der Waals surface area contributed by atoms with Crippen LogP contribution in [-0.4, -0.2) is 25.8 Å². The summed E-state index contributed by atoms with van der Waals surface area (Å²) in [5.74, 6) is 1.76. The van der Waals surface area contributed by atoms with E-state index in [9.17, 15) is 0 Å². The van der Waals surface area contributed by atoms with Gasteiger partial charge in [0.1, 0.15) is 18.1 Å². The smallest absolute Gasteiger partial charge is 0.119 e. The second-order valence-electron chi connectivity index (χ2n) is 5.22. The molecule has 1 saturated carbocycles. The maximum atomic E-state index is 5.69.